The zero-order chi connectivity index (χ0) is 23.2. The van der Waals surface area contributed by atoms with Gasteiger partial charge in [-0.2, -0.15) is 0 Å². The fourth-order valence-electron chi connectivity index (χ4n) is 7.35. The SMILES string of the molecule is c1ccc(Oc2ccc(NCCc3csc(=NC45CC6CC(CC(C6)C4)C5)n3C3CC3)cc2)cc1. The Morgan fingerprint density at radius 2 is 1.54 bits per heavy atom. The van der Waals surface area contributed by atoms with Crippen LogP contribution < -0.4 is 14.9 Å². The highest BCUT2D eigenvalue weighted by atomic mass is 32.1. The maximum Gasteiger partial charge on any atom is 0.185 e. The molecule has 5 aliphatic rings. The Kier molecular flexibility index (Phi) is 5.49. The number of hydrogen-bond donors (Lipinski definition) is 1. The van der Waals surface area contributed by atoms with E-state index in [1.54, 1.807) is 0 Å². The van der Waals surface area contributed by atoms with Gasteiger partial charge in [0.05, 0.1) is 5.54 Å². The molecule has 1 heterocycles. The maximum absolute atomic E-state index is 5.92. The van der Waals surface area contributed by atoms with E-state index in [0.717, 1.165) is 47.9 Å². The van der Waals surface area contributed by atoms with E-state index in [9.17, 15) is 0 Å². The Balaban J connectivity index is 1.03. The van der Waals surface area contributed by atoms with Crippen LogP contribution in [0.3, 0.4) is 0 Å². The van der Waals surface area contributed by atoms with Crippen LogP contribution in [0.1, 0.15) is 63.1 Å². The van der Waals surface area contributed by atoms with E-state index in [0.29, 0.717) is 6.04 Å². The van der Waals surface area contributed by atoms with Crippen molar-refractivity contribution < 1.29 is 4.74 Å². The maximum atomic E-state index is 5.92. The lowest BCUT2D eigenvalue weighted by molar-refractivity contribution is -0.000407. The zero-order valence-electron chi connectivity index (χ0n) is 20.4. The fourth-order valence-corrected chi connectivity index (χ4v) is 8.44. The van der Waals surface area contributed by atoms with Gasteiger partial charge in [-0.15, -0.1) is 11.3 Å². The second kappa shape index (κ2) is 8.85. The van der Waals surface area contributed by atoms with Gasteiger partial charge in [0.25, 0.3) is 0 Å². The first-order chi connectivity index (χ1) is 17.2. The molecule has 8 rings (SSSR count). The van der Waals surface area contributed by atoms with Crippen LogP contribution in [0.4, 0.5) is 5.69 Å². The minimum Gasteiger partial charge on any atom is -0.457 e. The first-order valence-electron chi connectivity index (χ1n) is 13.5. The molecule has 35 heavy (non-hydrogen) atoms. The Morgan fingerprint density at radius 1 is 0.886 bits per heavy atom. The summed E-state index contributed by atoms with van der Waals surface area (Å²) in [5.41, 5.74) is 2.85. The van der Waals surface area contributed by atoms with Gasteiger partial charge in [-0.25, -0.2) is 0 Å². The van der Waals surface area contributed by atoms with Crippen molar-refractivity contribution in [2.45, 2.75) is 69.4 Å². The van der Waals surface area contributed by atoms with Crippen molar-refractivity contribution in [3.63, 3.8) is 0 Å². The van der Waals surface area contributed by atoms with Crippen molar-refractivity contribution in [3.8, 4) is 11.5 Å². The van der Waals surface area contributed by atoms with Crippen LogP contribution in [-0.2, 0) is 6.42 Å². The Morgan fingerprint density at radius 3 is 2.20 bits per heavy atom. The smallest absolute Gasteiger partial charge is 0.185 e. The van der Waals surface area contributed by atoms with E-state index in [1.807, 2.05) is 53.8 Å². The summed E-state index contributed by atoms with van der Waals surface area (Å²) in [6.45, 7) is 0.930. The molecule has 2 aromatic carbocycles. The topological polar surface area (TPSA) is 38.5 Å². The predicted molar refractivity (Wildman–Crippen MR) is 142 cm³/mol. The molecule has 5 aliphatic carbocycles. The van der Waals surface area contributed by atoms with Gasteiger partial charge in [0.15, 0.2) is 4.80 Å². The number of anilines is 1. The average molecular weight is 486 g/mol. The number of thiazole rings is 1. The van der Waals surface area contributed by atoms with E-state index >= 15 is 0 Å². The molecule has 0 unspecified atom stereocenters. The van der Waals surface area contributed by atoms with Crippen LogP contribution >= 0.6 is 11.3 Å². The molecule has 0 atom stereocenters. The number of para-hydroxylation sites is 1. The molecule has 0 aliphatic heterocycles. The lowest BCUT2D eigenvalue weighted by Crippen LogP contribution is -2.50. The van der Waals surface area contributed by atoms with Gasteiger partial charge in [-0.1, -0.05) is 18.2 Å². The van der Waals surface area contributed by atoms with Crippen molar-refractivity contribution in [1.29, 1.82) is 0 Å². The van der Waals surface area contributed by atoms with Crippen LogP contribution in [0.5, 0.6) is 11.5 Å². The molecule has 0 spiro atoms. The summed E-state index contributed by atoms with van der Waals surface area (Å²) in [5.74, 6) is 4.58. The summed E-state index contributed by atoms with van der Waals surface area (Å²) in [7, 11) is 0. The first kappa shape index (κ1) is 21.7. The van der Waals surface area contributed by atoms with Gasteiger partial charge in [0, 0.05) is 35.8 Å². The lowest BCUT2D eigenvalue weighted by atomic mass is 9.53. The summed E-state index contributed by atoms with van der Waals surface area (Å²) in [5, 5.41) is 6.00. The molecule has 0 saturated heterocycles. The summed E-state index contributed by atoms with van der Waals surface area (Å²) in [6.07, 6.45) is 12.2. The summed E-state index contributed by atoms with van der Waals surface area (Å²) >= 11 is 1.89. The van der Waals surface area contributed by atoms with Crippen molar-refractivity contribution in [2.75, 3.05) is 11.9 Å². The molecule has 4 bridgehead atoms. The van der Waals surface area contributed by atoms with Gasteiger partial charge in [-0.3, -0.25) is 4.99 Å². The van der Waals surface area contributed by atoms with Gasteiger partial charge in [0.1, 0.15) is 11.5 Å². The normalized spacial score (nSPS) is 29.5. The largest absolute Gasteiger partial charge is 0.457 e. The van der Waals surface area contributed by atoms with E-state index in [1.165, 1.54) is 61.9 Å². The van der Waals surface area contributed by atoms with Crippen molar-refractivity contribution >= 4 is 17.0 Å². The van der Waals surface area contributed by atoms with Crippen molar-refractivity contribution in [3.05, 3.63) is 70.5 Å². The number of benzene rings is 2. The molecule has 4 nitrogen and oxygen atoms in total. The monoisotopic (exact) mass is 485 g/mol. The number of aromatic nitrogens is 1. The van der Waals surface area contributed by atoms with Crippen LogP contribution in [-0.4, -0.2) is 16.7 Å². The Bertz CT molecular complexity index is 1200. The zero-order valence-corrected chi connectivity index (χ0v) is 21.2. The molecule has 3 aromatic rings. The third-order valence-electron chi connectivity index (χ3n) is 8.61. The van der Waals surface area contributed by atoms with Gasteiger partial charge in [-0.05, 0) is 106 Å². The molecule has 5 saturated carbocycles. The second-order valence-electron chi connectivity index (χ2n) is 11.5. The molecular weight excluding hydrogens is 450 g/mol. The summed E-state index contributed by atoms with van der Waals surface area (Å²) in [4.78, 5) is 6.90. The molecule has 0 amide bonds. The van der Waals surface area contributed by atoms with Crippen LogP contribution in [0, 0.1) is 17.8 Å². The molecule has 1 N–H and O–H groups in total. The van der Waals surface area contributed by atoms with E-state index < -0.39 is 0 Å². The number of hydrogen-bond acceptors (Lipinski definition) is 4. The van der Waals surface area contributed by atoms with Crippen molar-refractivity contribution in [1.82, 2.24) is 4.57 Å². The number of rotatable bonds is 8. The van der Waals surface area contributed by atoms with Crippen LogP contribution in [0.25, 0.3) is 0 Å². The predicted octanol–water partition coefficient (Wildman–Crippen LogP) is 7.20. The van der Waals surface area contributed by atoms with E-state index in [2.05, 4.69) is 27.4 Å². The first-order valence-corrected chi connectivity index (χ1v) is 14.4. The van der Waals surface area contributed by atoms with Crippen molar-refractivity contribution in [2.24, 2.45) is 22.7 Å². The minimum absolute atomic E-state index is 0.259. The average Bonchev–Trinajstić information content (AvgIpc) is 3.61. The molecular formula is C30H35N3OS. The summed E-state index contributed by atoms with van der Waals surface area (Å²) in [6, 6.07) is 18.9. The standard InChI is InChI=1S/C30H35N3OS/c1-2-4-27(5-3-1)34-28-10-6-24(7-11-28)31-13-12-26-20-35-29(33(26)25-8-9-25)32-30-17-21-14-22(18-30)16-23(15-21)19-30/h1-7,10-11,20-23,25,31H,8-9,12-19H2. The Hall–Kier alpha value is -2.53. The number of nitrogens with zero attached hydrogens (tertiary/aromatic N) is 2. The minimum atomic E-state index is 0.259. The highest BCUT2D eigenvalue weighted by molar-refractivity contribution is 7.07. The van der Waals surface area contributed by atoms with Crippen LogP contribution in [0.15, 0.2) is 65.0 Å². The second-order valence-corrected chi connectivity index (χ2v) is 12.3. The van der Waals surface area contributed by atoms with Gasteiger partial charge >= 0.3 is 0 Å². The molecule has 182 valence electrons. The Labute approximate surface area is 212 Å². The van der Waals surface area contributed by atoms with Gasteiger partial charge < -0.3 is 14.6 Å². The van der Waals surface area contributed by atoms with E-state index in [4.69, 9.17) is 9.73 Å². The quantitative estimate of drug-likeness (QED) is 0.366. The van der Waals surface area contributed by atoms with Gasteiger partial charge in [0.2, 0.25) is 0 Å². The molecule has 5 fully saturated rings. The molecule has 5 heteroatoms. The molecule has 0 radical (unpaired) electrons. The van der Waals surface area contributed by atoms with Crippen LogP contribution in [0.2, 0.25) is 0 Å². The number of nitrogens with one attached hydrogen (secondary N) is 1. The molecule has 1 aromatic heterocycles. The third kappa shape index (κ3) is 4.55. The van der Waals surface area contributed by atoms with E-state index in [-0.39, 0.29) is 5.54 Å². The fraction of sp³-hybridized carbons (Fsp3) is 0.500. The lowest BCUT2D eigenvalue weighted by Gasteiger charge is -2.54. The highest BCUT2D eigenvalue weighted by Gasteiger charge is 2.51. The summed E-state index contributed by atoms with van der Waals surface area (Å²) < 4.78 is 8.53. The third-order valence-corrected chi connectivity index (χ3v) is 9.50. The highest BCUT2D eigenvalue weighted by Crippen LogP contribution is 2.57. The number of ether oxygens (including phenoxy) is 1.